The summed E-state index contributed by atoms with van der Waals surface area (Å²) >= 11 is 0. The van der Waals surface area contributed by atoms with Crippen LogP contribution in [0.3, 0.4) is 0 Å². The van der Waals surface area contributed by atoms with Crippen molar-refractivity contribution >= 4 is 10.9 Å². The van der Waals surface area contributed by atoms with Gasteiger partial charge in [0.1, 0.15) is 11.5 Å². The third-order valence-corrected chi connectivity index (χ3v) is 4.22. The van der Waals surface area contributed by atoms with Crippen LogP contribution in [-0.2, 0) is 19.4 Å². The van der Waals surface area contributed by atoms with Crippen molar-refractivity contribution in [2.75, 3.05) is 20.8 Å². The molecule has 1 heterocycles. The van der Waals surface area contributed by atoms with Gasteiger partial charge in [-0.3, -0.25) is 0 Å². The molecule has 2 aromatic rings. The molecule has 0 unspecified atom stereocenters. The van der Waals surface area contributed by atoms with Gasteiger partial charge in [0.2, 0.25) is 0 Å². The van der Waals surface area contributed by atoms with E-state index < -0.39 is 0 Å². The number of aromatic nitrogens is 1. The molecule has 3 rings (SSSR count). The van der Waals surface area contributed by atoms with Crippen LogP contribution in [0.2, 0.25) is 0 Å². The highest BCUT2D eigenvalue weighted by molar-refractivity contribution is 5.92. The quantitative estimate of drug-likeness (QED) is 0.932. The third kappa shape index (κ3) is 1.95. The number of rotatable bonds is 4. The van der Waals surface area contributed by atoms with E-state index in [0.29, 0.717) is 6.54 Å². The zero-order valence-electron chi connectivity index (χ0n) is 12.2. The Bertz CT molecular complexity index is 631. The van der Waals surface area contributed by atoms with Crippen molar-refractivity contribution < 1.29 is 9.47 Å². The molecule has 0 aliphatic heterocycles. The Morgan fingerprint density at radius 2 is 1.95 bits per heavy atom. The average molecular weight is 274 g/mol. The minimum atomic E-state index is 0.644. The molecule has 0 saturated carbocycles. The first-order valence-electron chi connectivity index (χ1n) is 7.26. The van der Waals surface area contributed by atoms with E-state index in [2.05, 4.69) is 10.6 Å². The van der Waals surface area contributed by atoms with Crippen LogP contribution in [0.25, 0.3) is 10.9 Å². The number of hydrogen-bond donors (Lipinski definition) is 1. The average Bonchev–Trinajstić information content (AvgIpc) is 2.81. The van der Waals surface area contributed by atoms with Crippen LogP contribution in [0, 0.1) is 0 Å². The van der Waals surface area contributed by atoms with Crippen LogP contribution < -0.4 is 15.2 Å². The zero-order chi connectivity index (χ0) is 14.1. The van der Waals surface area contributed by atoms with Gasteiger partial charge in [-0.1, -0.05) is 0 Å². The lowest BCUT2D eigenvalue weighted by Crippen LogP contribution is -2.14. The molecule has 0 spiro atoms. The number of nitrogens with zero attached hydrogens (tertiary/aromatic N) is 1. The van der Waals surface area contributed by atoms with Crippen molar-refractivity contribution in [3.05, 3.63) is 23.4 Å². The lowest BCUT2D eigenvalue weighted by molar-refractivity contribution is 0.396. The van der Waals surface area contributed by atoms with Gasteiger partial charge in [-0.15, -0.1) is 0 Å². The first kappa shape index (κ1) is 13.3. The van der Waals surface area contributed by atoms with E-state index >= 15 is 0 Å². The minimum absolute atomic E-state index is 0.644. The first-order chi connectivity index (χ1) is 9.80. The Labute approximate surface area is 119 Å². The standard InChI is InChI=1S/C16H22N2O2/c1-19-11-9-13-12-5-3-4-6-14(12)18(8-7-17)16(13)15(10-11)20-2/h9-10H,3-8,17H2,1-2H3. The number of fused-ring (bicyclic) bond motifs is 3. The summed E-state index contributed by atoms with van der Waals surface area (Å²) in [6.45, 7) is 1.49. The monoisotopic (exact) mass is 274 g/mol. The second kappa shape index (κ2) is 5.37. The van der Waals surface area contributed by atoms with Crippen molar-refractivity contribution in [2.45, 2.75) is 32.2 Å². The molecule has 2 N–H and O–H groups in total. The summed E-state index contributed by atoms with van der Waals surface area (Å²) in [5.74, 6) is 1.73. The van der Waals surface area contributed by atoms with E-state index in [9.17, 15) is 0 Å². The number of nitrogens with two attached hydrogens (primary N) is 1. The predicted octanol–water partition coefficient (Wildman–Crippen LogP) is 2.50. The highest BCUT2D eigenvalue weighted by Crippen LogP contribution is 2.39. The van der Waals surface area contributed by atoms with Crippen LogP contribution in [0.5, 0.6) is 11.5 Å². The first-order valence-corrected chi connectivity index (χ1v) is 7.26. The second-order valence-corrected chi connectivity index (χ2v) is 5.30. The van der Waals surface area contributed by atoms with Crippen LogP contribution in [0.4, 0.5) is 0 Å². The molecule has 0 saturated heterocycles. The largest absolute Gasteiger partial charge is 0.497 e. The van der Waals surface area contributed by atoms with Gasteiger partial charge >= 0.3 is 0 Å². The fourth-order valence-corrected chi connectivity index (χ4v) is 3.35. The molecule has 20 heavy (non-hydrogen) atoms. The molecule has 4 heteroatoms. The van der Waals surface area contributed by atoms with Gasteiger partial charge in [-0.05, 0) is 37.3 Å². The Morgan fingerprint density at radius 1 is 1.15 bits per heavy atom. The van der Waals surface area contributed by atoms with Crippen LogP contribution in [0.1, 0.15) is 24.1 Å². The molecule has 1 aromatic heterocycles. The SMILES string of the molecule is COc1cc(OC)c2c(c1)c1c(n2CCN)CCCC1. The van der Waals surface area contributed by atoms with Crippen LogP contribution in [-0.4, -0.2) is 25.3 Å². The lowest BCUT2D eigenvalue weighted by Gasteiger charge is -2.15. The van der Waals surface area contributed by atoms with Crippen molar-refractivity contribution in [3.63, 3.8) is 0 Å². The molecule has 1 aliphatic carbocycles. The lowest BCUT2D eigenvalue weighted by atomic mass is 9.95. The molecule has 0 bridgehead atoms. The summed E-state index contributed by atoms with van der Waals surface area (Å²) in [6.07, 6.45) is 4.79. The Hall–Kier alpha value is -1.68. The molecule has 1 aromatic carbocycles. The van der Waals surface area contributed by atoms with Gasteiger partial charge in [-0.2, -0.15) is 0 Å². The van der Waals surface area contributed by atoms with Gasteiger partial charge in [0.25, 0.3) is 0 Å². The van der Waals surface area contributed by atoms with Crippen LogP contribution in [0.15, 0.2) is 12.1 Å². The van der Waals surface area contributed by atoms with Gasteiger partial charge < -0.3 is 19.8 Å². The Morgan fingerprint density at radius 3 is 2.65 bits per heavy atom. The molecule has 0 amide bonds. The summed E-state index contributed by atoms with van der Waals surface area (Å²) in [5, 5.41) is 1.27. The van der Waals surface area contributed by atoms with E-state index in [-0.39, 0.29) is 0 Å². The normalized spacial score (nSPS) is 14.3. The number of ether oxygens (including phenoxy) is 2. The molecule has 0 fully saturated rings. The summed E-state index contributed by atoms with van der Waals surface area (Å²) in [7, 11) is 3.41. The highest BCUT2D eigenvalue weighted by atomic mass is 16.5. The van der Waals surface area contributed by atoms with Crippen molar-refractivity contribution in [1.29, 1.82) is 0 Å². The smallest absolute Gasteiger partial charge is 0.146 e. The van der Waals surface area contributed by atoms with E-state index in [0.717, 1.165) is 30.9 Å². The maximum absolute atomic E-state index is 5.81. The minimum Gasteiger partial charge on any atom is -0.497 e. The number of aryl methyl sites for hydroxylation is 1. The number of methoxy groups -OCH3 is 2. The summed E-state index contributed by atoms with van der Waals surface area (Å²) in [6, 6.07) is 4.09. The molecule has 0 atom stereocenters. The van der Waals surface area contributed by atoms with Crippen molar-refractivity contribution in [2.24, 2.45) is 5.73 Å². The molecule has 0 radical (unpaired) electrons. The maximum Gasteiger partial charge on any atom is 0.146 e. The van der Waals surface area contributed by atoms with E-state index in [1.165, 1.54) is 35.0 Å². The van der Waals surface area contributed by atoms with Gasteiger partial charge in [0.15, 0.2) is 0 Å². The molecular formula is C16H22N2O2. The Kier molecular flexibility index (Phi) is 3.57. The summed E-state index contributed by atoms with van der Waals surface area (Å²) < 4.78 is 13.4. The van der Waals surface area contributed by atoms with E-state index in [1.807, 2.05) is 6.07 Å². The van der Waals surface area contributed by atoms with Crippen molar-refractivity contribution in [1.82, 2.24) is 4.57 Å². The molecule has 1 aliphatic rings. The maximum atomic E-state index is 5.81. The number of benzene rings is 1. The van der Waals surface area contributed by atoms with Crippen molar-refractivity contribution in [3.8, 4) is 11.5 Å². The highest BCUT2D eigenvalue weighted by Gasteiger charge is 2.22. The molecular weight excluding hydrogens is 252 g/mol. The predicted molar refractivity (Wildman–Crippen MR) is 80.7 cm³/mol. The van der Waals surface area contributed by atoms with E-state index in [1.54, 1.807) is 14.2 Å². The second-order valence-electron chi connectivity index (χ2n) is 5.30. The van der Waals surface area contributed by atoms with Crippen LogP contribution >= 0.6 is 0 Å². The Balaban J connectivity index is 2.33. The third-order valence-electron chi connectivity index (χ3n) is 4.22. The fraction of sp³-hybridized carbons (Fsp3) is 0.500. The fourth-order valence-electron chi connectivity index (χ4n) is 3.35. The van der Waals surface area contributed by atoms with Gasteiger partial charge in [-0.25, -0.2) is 0 Å². The molecule has 108 valence electrons. The number of hydrogen-bond acceptors (Lipinski definition) is 3. The van der Waals surface area contributed by atoms with E-state index in [4.69, 9.17) is 15.2 Å². The summed E-state index contributed by atoms with van der Waals surface area (Å²) in [4.78, 5) is 0. The van der Waals surface area contributed by atoms with Gasteiger partial charge in [0, 0.05) is 30.2 Å². The zero-order valence-corrected chi connectivity index (χ0v) is 12.2. The molecule has 4 nitrogen and oxygen atoms in total. The summed E-state index contributed by atoms with van der Waals surface area (Å²) in [5.41, 5.74) is 9.87. The topological polar surface area (TPSA) is 49.4 Å². The van der Waals surface area contributed by atoms with Gasteiger partial charge in [0.05, 0.1) is 19.7 Å².